The number of pyridine rings is 1. The predicted octanol–water partition coefficient (Wildman–Crippen LogP) is 2.81. The van der Waals surface area contributed by atoms with Crippen molar-refractivity contribution in [2.45, 2.75) is 46.1 Å². The van der Waals surface area contributed by atoms with Gasteiger partial charge >= 0.3 is 0 Å². The molecular formula is C17H24N4O. The number of imidazole rings is 1. The summed E-state index contributed by atoms with van der Waals surface area (Å²) >= 11 is 0. The number of rotatable bonds is 4. The number of nitrogens with zero attached hydrogens (tertiary/aromatic N) is 4. The minimum Gasteiger partial charge on any atom is -0.342 e. The van der Waals surface area contributed by atoms with Crippen LogP contribution in [0.5, 0.6) is 0 Å². The van der Waals surface area contributed by atoms with E-state index in [-0.39, 0.29) is 5.91 Å². The molecule has 1 fully saturated rings. The monoisotopic (exact) mass is 300 g/mol. The van der Waals surface area contributed by atoms with Gasteiger partial charge in [-0.3, -0.25) is 4.79 Å². The molecule has 1 aliphatic rings. The molecule has 0 spiro atoms. The third-order valence-electron chi connectivity index (χ3n) is 4.45. The molecule has 0 aromatic carbocycles. The Balaban J connectivity index is 1.82. The van der Waals surface area contributed by atoms with Gasteiger partial charge in [-0.1, -0.05) is 6.92 Å². The van der Waals surface area contributed by atoms with E-state index in [4.69, 9.17) is 4.98 Å². The molecule has 1 aliphatic heterocycles. The van der Waals surface area contributed by atoms with Crippen LogP contribution >= 0.6 is 0 Å². The fraction of sp³-hybridized carbons (Fsp3) is 0.588. The van der Waals surface area contributed by atoms with Gasteiger partial charge in [-0.15, -0.1) is 0 Å². The molecule has 2 aromatic heterocycles. The number of fused-ring (bicyclic) bond motifs is 1. The SMILES string of the molecule is CCC(=O)N1CC[C@@H](Cc2nc3cccnc3n2C(C)C)C1. The zero-order chi connectivity index (χ0) is 15.7. The van der Waals surface area contributed by atoms with Gasteiger partial charge in [-0.2, -0.15) is 0 Å². The average Bonchev–Trinajstić information content (AvgIpc) is 3.10. The van der Waals surface area contributed by atoms with Gasteiger partial charge in [0.2, 0.25) is 5.91 Å². The highest BCUT2D eigenvalue weighted by molar-refractivity contribution is 5.76. The van der Waals surface area contributed by atoms with Crippen molar-refractivity contribution in [1.29, 1.82) is 0 Å². The lowest BCUT2D eigenvalue weighted by molar-refractivity contribution is -0.129. The van der Waals surface area contributed by atoms with Crippen molar-refractivity contribution in [3.8, 4) is 0 Å². The van der Waals surface area contributed by atoms with Crippen LogP contribution in [0.4, 0.5) is 0 Å². The third-order valence-corrected chi connectivity index (χ3v) is 4.45. The van der Waals surface area contributed by atoms with Crippen molar-refractivity contribution >= 4 is 17.1 Å². The van der Waals surface area contributed by atoms with Gasteiger partial charge in [0.15, 0.2) is 5.65 Å². The molecule has 0 unspecified atom stereocenters. The molecule has 0 saturated carbocycles. The van der Waals surface area contributed by atoms with Crippen molar-refractivity contribution in [3.63, 3.8) is 0 Å². The van der Waals surface area contributed by atoms with E-state index in [1.54, 1.807) is 0 Å². The molecule has 1 atom stereocenters. The third kappa shape index (κ3) is 2.72. The number of hydrogen-bond donors (Lipinski definition) is 0. The van der Waals surface area contributed by atoms with Crippen LogP contribution in [0, 0.1) is 5.92 Å². The molecule has 118 valence electrons. The second kappa shape index (κ2) is 6.07. The summed E-state index contributed by atoms with van der Waals surface area (Å²) in [7, 11) is 0. The first-order valence-corrected chi connectivity index (χ1v) is 8.19. The molecule has 22 heavy (non-hydrogen) atoms. The molecule has 1 amide bonds. The fourth-order valence-electron chi connectivity index (χ4n) is 3.37. The van der Waals surface area contributed by atoms with Crippen LogP contribution in [-0.2, 0) is 11.2 Å². The van der Waals surface area contributed by atoms with Crippen LogP contribution in [0.3, 0.4) is 0 Å². The molecular weight excluding hydrogens is 276 g/mol. The summed E-state index contributed by atoms with van der Waals surface area (Å²) in [6.45, 7) is 8.01. The number of likely N-dealkylation sites (tertiary alicyclic amines) is 1. The van der Waals surface area contributed by atoms with E-state index < -0.39 is 0 Å². The largest absolute Gasteiger partial charge is 0.342 e. The summed E-state index contributed by atoms with van der Waals surface area (Å²) < 4.78 is 2.24. The Morgan fingerprint density at radius 1 is 1.45 bits per heavy atom. The molecule has 1 saturated heterocycles. The number of aromatic nitrogens is 3. The van der Waals surface area contributed by atoms with Crippen molar-refractivity contribution < 1.29 is 4.79 Å². The van der Waals surface area contributed by atoms with Gasteiger partial charge in [-0.25, -0.2) is 9.97 Å². The topological polar surface area (TPSA) is 51.0 Å². The highest BCUT2D eigenvalue weighted by atomic mass is 16.2. The van der Waals surface area contributed by atoms with Gasteiger partial charge in [0.05, 0.1) is 0 Å². The van der Waals surface area contributed by atoms with Crippen LogP contribution in [0.25, 0.3) is 11.2 Å². The van der Waals surface area contributed by atoms with E-state index in [2.05, 4.69) is 23.4 Å². The second-order valence-corrected chi connectivity index (χ2v) is 6.39. The Hall–Kier alpha value is -1.91. The number of carbonyl (C=O) groups is 1. The summed E-state index contributed by atoms with van der Waals surface area (Å²) in [6, 6.07) is 4.29. The van der Waals surface area contributed by atoms with E-state index in [0.29, 0.717) is 18.4 Å². The zero-order valence-electron chi connectivity index (χ0n) is 13.6. The van der Waals surface area contributed by atoms with E-state index in [0.717, 1.165) is 42.9 Å². The first kappa shape index (κ1) is 15.0. The van der Waals surface area contributed by atoms with Crippen LogP contribution in [0.1, 0.15) is 45.5 Å². The highest BCUT2D eigenvalue weighted by Gasteiger charge is 2.27. The Kier molecular flexibility index (Phi) is 4.14. The average molecular weight is 300 g/mol. The second-order valence-electron chi connectivity index (χ2n) is 6.39. The van der Waals surface area contributed by atoms with Gasteiger partial charge in [-0.05, 0) is 38.3 Å². The smallest absolute Gasteiger partial charge is 0.222 e. The summed E-state index contributed by atoms with van der Waals surface area (Å²) in [5.74, 6) is 1.87. The van der Waals surface area contributed by atoms with Gasteiger partial charge in [0, 0.05) is 38.2 Å². The predicted molar refractivity (Wildman–Crippen MR) is 86.6 cm³/mol. The normalized spacial score (nSPS) is 18.5. The summed E-state index contributed by atoms with van der Waals surface area (Å²) in [4.78, 5) is 23.1. The molecule has 3 rings (SSSR count). The molecule has 0 N–H and O–H groups in total. The van der Waals surface area contributed by atoms with Crippen molar-refractivity contribution in [3.05, 3.63) is 24.2 Å². The molecule has 0 radical (unpaired) electrons. The van der Waals surface area contributed by atoms with E-state index >= 15 is 0 Å². The minimum absolute atomic E-state index is 0.265. The summed E-state index contributed by atoms with van der Waals surface area (Å²) in [5, 5.41) is 0. The van der Waals surface area contributed by atoms with Crippen molar-refractivity contribution in [2.75, 3.05) is 13.1 Å². The first-order chi connectivity index (χ1) is 10.6. The zero-order valence-corrected chi connectivity index (χ0v) is 13.6. The lowest BCUT2D eigenvalue weighted by atomic mass is 10.0. The maximum atomic E-state index is 11.8. The number of amides is 1. The Labute approximate surface area is 131 Å². The highest BCUT2D eigenvalue weighted by Crippen LogP contribution is 2.25. The number of carbonyl (C=O) groups excluding carboxylic acids is 1. The van der Waals surface area contributed by atoms with Crippen molar-refractivity contribution in [1.82, 2.24) is 19.4 Å². The van der Waals surface area contributed by atoms with Gasteiger partial charge in [0.25, 0.3) is 0 Å². The molecule has 3 heterocycles. The summed E-state index contributed by atoms with van der Waals surface area (Å²) in [6.07, 6.45) is 4.41. The molecule has 0 bridgehead atoms. The summed E-state index contributed by atoms with van der Waals surface area (Å²) in [5.41, 5.74) is 1.93. The van der Waals surface area contributed by atoms with Gasteiger partial charge < -0.3 is 9.47 Å². The van der Waals surface area contributed by atoms with Crippen LogP contribution in [0.15, 0.2) is 18.3 Å². The maximum Gasteiger partial charge on any atom is 0.222 e. The molecule has 2 aromatic rings. The number of hydrogen-bond acceptors (Lipinski definition) is 3. The van der Waals surface area contributed by atoms with Crippen molar-refractivity contribution in [2.24, 2.45) is 5.92 Å². The van der Waals surface area contributed by atoms with Gasteiger partial charge in [0.1, 0.15) is 11.3 Å². The maximum absolute atomic E-state index is 11.8. The fourth-order valence-corrected chi connectivity index (χ4v) is 3.37. The Morgan fingerprint density at radius 2 is 2.27 bits per heavy atom. The lowest BCUT2D eigenvalue weighted by Crippen LogP contribution is -2.28. The molecule has 5 nitrogen and oxygen atoms in total. The quantitative estimate of drug-likeness (QED) is 0.872. The van der Waals surface area contributed by atoms with E-state index in [1.807, 2.05) is 30.2 Å². The van der Waals surface area contributed by atoms with E-state index in [1.165, 1.54) is 0 Å². The minimum atomic E-state index is 0.265. The Morgan fingerprint density at radius 3 is 3.00 bits per heavy atom. The first-order valence-electron chi connectivity index (χ1n) is 8.19. The van der Waals surface area contributed by atoms with E-state index in [9.17, 15) is 4.79 Å². The molecule has 0 aliphatic carbocycles. The lowest BCUT2D eigenvalue weighted by Gasteiger charge is -2.17. The molecule has 5 heteroatoms. The van der Waals surface area contributed by atoms with Crippen LogP contribution in [0.2, 0.25) is 0 Å². The van der Waals surface area contributed by atoms with Crippen LogP contribution < -0.4 is 0 Å². The standard InChI is InChI=1S/C17H24N4O/c1-4-16(22)20-9-7-13(11-20)10-15-19-14-6-5-8-18-17(14)21(15)12(2)3/h5-6,8,12-13H,4,7,9-11H2,1-3H3/t13-/m0/s1. The Bertz CT molecular complexity index is 676. The van der Waals surface area contributed by atoms with Crippen LogP contribution in [-0.4, -0.2) is 38.4 Å².